The predicted octanol–water partition coefficient (Wildman–Crippen LogP) is 6.32. The van der Waals surface area contributed by atoms with Gasteiger partial charge in [0.2, 0.25) is 11.8 Å². The van der Waals surface area contributed by atoms with E-state index in [9.17, 15) is 18.0 Å². The van der Waals surface area contributed by atoms with E-state index in [0.717, 1.165) is 22.3 Å². The number of ether oxygens (including phenoxy) is 1. The molecular formula is C38H45N3O5S. The van der Waals surface area contributed by atoms with E-state index < -0.39 is 28.5 Å². The Hall–Kier alpha value is -4.63. The number of para-hydroxylation sites is 1. The lowest BCUT2D eigenvalue weighted by Crippen LogP contribution is -2.54. The van der Waals surface area contributed by atoms with Crippen molar-refractivity contribution < 1.29 is 22.7 Å². The fraction of sp³-hybridized carbons (Fsp3) is 0.316. The van der Waals surface area contributed by atoms with Crippen LogP contribution in [0.5, 0.6) is 5.75 Å². The van der Waals surface area contributed by atoms with Gasteiger partial charge in [0.25, 0.3) is 10.0 Å². The van der Waals surface area contributed by atoms with Crippen LogP contribution in [0.2, 0.25) is 0 Å². The molecule has 0 saturated heterocycles. The third-order valence-electron chi connectivity index (χ3n) is 8.29. The van der Waals surface area contributed by atoms with Gasteiger partial charge in [0.05, 0.1) is 17.7 Å². The first kappa shape index (κ1) is 35.2. The lowest BCUT2D eigenvalue weighted by Gasteiger charge is -2.34. The molecule has 0 heterocycles. The van der Waals surface area contributed by atoms with Crippen molar-refractivity contribution in [3.63, 3.8) is 0 Å². The van der Waals surface area contributed by atoms with E-state index in [1.165, 1.54) is 9.21 Å². The Bertz CT molecular complexity index is 1740. The number of hydrogen-bond donors (Lipinski definition) is 1. The summed E-state index contributed by atoms with van der Waals surface area (Å²) in [7, 11) is -2.61. The number of carbonyl (C=O) groups is 2. The quantitative estimate of drug-likeness (QED) is 0.162. The molecule has 8 nitrogen and oxygen atoms in total. The fourth-order valence-corrected chi connectivity index (χ4v) is 6.82. The maximum absolute atomic E-state index is 14.7. The van der Waals surface area contributed by atoms with Crippen LogP contribution in [0.1, 0.15) is 49.4 Å². The molecular weight excluding hydrogens is 611 g/mol. The van der Waals surface area contributed by atoms with Crippen LogP contribution >= 0.6 is 0 Å². The second kappa shape index (κ2) is 16.3. The van der Waals surface area contributed by atoms with Crippen LogP contribution in [0, 0.1) is 6.92 Å². The van der Waals surface area contributed by atoms with E-state index in [1.807, 2.05) is 94.4 Å². The van der Waals surface area contributed by atoms with Crippen molar-refractivity contribution in [2.75, 3.05) is 18.0 Å². The standard InChI is InChI=1S/C38H45N3O5S/c1-6-29(4)39-38(43)36(25-30-14-9-8-10-15-30)40(26-31-16-13-18-33(24-31)46-5)37(42)27-41(35-19-12-11-17-32(35)7-2)47(44,45)34-22-20-28(3)21-23-34/h8-24,29,36H,6-7,25-27H2,1-5H3,(H,39,43)/t29-,36-/m1/s1. The number of nitrogens with one attached hydrogen (secondary N) is 1. The summed E-state index contributed by atoms with van der Waals surface area (Å²) in [6.07, 6.45) is 1.52. The van der Waals surface area contributed by atoms with E-state index >= 15 is 0 Å². The predicted molar refractivity (Wildman–Crippen MR) is 187 cm³/mol. The van der Waals surface area contributed by atoms with Crippen molar-refractivity contribution >= 4 is 27.5 Å². The van der Waals surface area contributed by atoms with Gasteiger partial charge in [0, 0.05) is 19.0 Å². The Balaban J connectivity index is 1.84. The van der Waals surface area contributed by atoms with E-state index in [4.69, 9.17) is 4.74 Å². The third-order valence-corrected chi connectivity index (χ3v) is 10.1. The summed E-state index contributed by atoms with van der Waals surface area (Å²) in [5, 5.41) is 3.07. The lowest BCUT2D eigenvalue weighted by molar-refractivity contribution is -0.140. The van der Waals surface area contributed by atoms with Crippen molar-refractivity contribution in [2.24, 2.45) is 0 Å². The minimum atomic E-state index is -4.18. The van der Waals surface area contributed by atoms with Gasteiger partial charge >= 0.3 is 0 Å². The maximum atomic E-state index is 14.7. The number of amides is 2. The zero-order chi connectivity index (χ0) is 34.0. The number of carbonyl (C=O) groups excluding carboxylic acids is 2. The molecule has 248 valence electrons. The lowest BCUT2D eigenvalue weighted by atomic mass is 10.0. The molecule has 2 atom stereocenters. The summed E-state index contributed by atoms with van der Waals surface area (Å²) in [5.41, 5.74) is 3.75. The van der Waals surface area contributed by atoms with Crippen molar-refractivity contribution in [3.05, 3.63) is 125 Å². The minimum Gasteiger partial charge on any atom is -0.497 e. The van der Waals surface area contributed by atoms with Crippen LogP contribution in [-0.4, -0.2) is 50.9 Å². The van der Waals surface area contributed by atoms with Gasteiger partial charge in [-0.2, -0.15) is 0 Å². The molecule has 0 fully saturated rings. The van der Waals surface area contributed by atoms with Gasteiger partial charge in [-0.3, -0.25) is 13.9 Å². The topological polar surface area (TPSA) is 96.0 Å². The summed E-state index contributed by atoms with van der Waals surface area (Å²) in [5.74, 6) is -0.199. The highest BCUT2D eigenvalue weighted by atomic mass is 32.2. The van der Waals surface area contributed by atoms with E-state index in [0.29, 0.717) is 24.3 Å². The number of sulfonamides is 1. The molecule has 4 aromatic rings. The molecule has 0 radical (unpaired) electrons. The van der Waals surface area contributed by atoms with Gasteiger partial charge in [-0.05, 0) is 73.7 Å². The second-order valence-corrected chi connectivity index (χ2v) is 13.6. The Labute approximate surface area is 279 Å². The fourth-order valence-electron chi connectivity index (χ4n) is 5.37. The molecule has 0 unspecified atom stereocenters. The van der Waals surface area contributed by atoms with E-state index in [1.54, 1.807) is 43.5 Å². The number of methoxy groups -OCH3 is 1. The molecule has 9 heteroatoms. The van der Waals surface area contributed by atoms with Crippen LogP contribution in [-0.2, 0) is 39.0 Å². The Morgan fingerprint density at radius 3 is 2.17 bits per heavy atom. The highest BCUT2D eigenvalue weighted by molar-refractivity contribution is 7.92. The first-order valence-electron chi connectivity index (χ1n) is 16.0. The summed E-state index contributed by atoms with van der Waals surface area (Å²) < 4.78 is 35.3. The SMILES string of the molecule is CCc1ccccc1N(CC(=O)N(Cc1cccc(OC)c1)[C@H](Cc1ccccc1)C(=O)N[C@H](C)CC)S(=O)(=O)c1ccc(C)cc1. The largest absolute Gasteiger partial charge is 0.497 e. The maximum Gasteiger partial charge on any atom is 0.264 e. The summed E-state index contributed by atoms with van der Waals surface area (Å²) in [4.78, 5) is 30.3. The smallest absolute Gasteiger partial charge is 0.264 e. The van der Waals surface area contributed by atoms with Gasteiger partial charge in [0.15, 0.2) is 0 Å². The van der Waals surface area contributed by atoms with Crippen LogP contribution in [0.4, 0.5) is 5.69 Å². The Morgan fingerprint density at radius 1 is 0.851 bits per heavy atom. The summed E-state index contributed by atoms with van der Waals surface area (Å²) in [6, 6.07) is 29.6. The highest BCUT2D eigenvalue weighted by Gasteiger charge is 2.35. The molecule has 2 amide bonds. The van der Waals surface area contributed by atoms with Crippen LogP contribution < -0.4 is 14.4 Å². The molecule has 47 heavy (non-hydrogen) atoms. The number of rotatable bonds is 15. The molecule has 0 aliphatic carbocycles. The molecule has 0 aliphatic rings. The molecule has 0 bridgehead atoms. The zero-order valence-corrected chi connectivity index (χ0v) is 28.7. The molecule has 0 spiro atoms. The zero-order valence-electron chi connectivity index (χ0n) is 27.8. The average Bonchev–Trinajstić information content (AvgIpc) is 3.09. The van der Waals surface area contributed by atoms with Crippen molar-refractivity contribution in [2.45, 2.75) is 70.5 Å². The van der Waals surface area contributed by atoms with E-state index in [2.05, 4.69) is 5.32 Å². The Morgan fingerprint density at radius 2 is 1.51 bits per heavy atom. The highest BCUT2D eigenvalue weighted by Crippen LogP contribution is 2.29. The average molecular weight is 656 g/mol. The van der Waals surface area contributed by atoms with Gasteiger partial charge in [-0.25, -0.2) is 8.42 Å². The van der Waals surface area contributed by atoms with Crippen LogP contribution in [0.3, 0.4) is 0 Å². The number of anilines is 1. The minimum absolute atomic E-state index is 0.0648. The van der Waals surface area contributed by atoms with Crippen LogP contribution in [0.25, 0.3) is 0 Å². The first-order valence-corrected chi connectivity index (χ1v) is 17.4. The number of benzene rings is 4. The summed E-state index contributed by atoms with van der Waals surface area (Å²) in [6.45, 7) is 7.30. The molecule has 0 aromatic heterocycles. The molecule has 0 aliphatic heterocycles. The van der Waals surface area contributed by atoms with Gasteiger partial charge < -0.3 is 15.0 Å². The van der Waals surface area contributed by atoms with Gasteiger partial charge in [-0.15, -0.1) is 0 Å². The van der Waals surface area contributed by atoms with Gasteiger partial charge in [0.1, 0.15) is 18.3 Å². The second-order valence-electron chi connectivity index (χ2n) is 11.7. The normalized spacial score (nSPS) is 12.5. The van der Waals surface area contributed by atoms with E-state index in [-0.39, 0.29) is 29.8 Å². The van der Waals surface area contributed by atoms with Crippen molar-refractivity contribution in [1.82, 2.24) is 10.2 Å². The van der Waals surface area contributed by atoms with Crippen molar-refractivity contribution in [1.29, 1.82) is 0 Å². The van der Waals surface area contributed by atoms with Crippen LogP contribution in [0.15, 0.2) is 108 Å². The monoisotopic (exact) mass is 655 g/mol. The molecule has 0 saturated carbocycles. The Kier molecular flexibility index (Phi) is 12.2. The molecule has 1 N–H and O–H groups in total. The third kappa shape index (κ3) is 9.01. The molecule has 4 aromatic carbocycles. The number of aryl methyl sites for hydroxylation is 2. The molecule has 4 rings (SSSR count). The number of nitrogens with zero attached hydrogens (tertiary/aromatic N) is 2. The van der Waals surface area contributed by atoms with Gasteiger partial charge in [-0.1, -0.05) is 92.2 Å². The number of hydrogen-bond acceptors (Lipinski definition) is 5. The summed E-state index contributed by atoms with van der Waals surface area (Å²) >= 11 is 0. The van der Waals surface area contributed by atoms with Crippen molar-refractivity contribution in [3.8, 4) is 5.75 Å². The first-order chi connectivity index (χ1) is 22.6.